The van der Waals surface area contributed by atoms with Crippen LogP contribution in [-0.4, -0.2) is 130 Å². The van der Waals surface area contributed by atoms with Crippen molar-refractivity contribution in [1.29, 1.82) is 0 Å². The molecule has 4 heterocycles. The maximum absolute atomic E-state index is 10.9. The number of H-pyrrole nitrogens is 1. The molecule has 1 aliphatic carbocycles. The molecule has 4 aromatic rings. The molecule has 2 aromatic carbocycles. The number of likely N-dealkylation sites (N-methyl/N-ethyl adjacent to an activating group) is 1. The first-order valence-corrected chi connectivity index (χ1v) is 31.2. The Morgan fingerprint density at radius 2 is 1.40 bits per heavy atom. The third-order valence-electron chi connectivity index (χ3n) is 14.3. The molecule has 2 fully saturated rings. The summed E-state index contributed by atoms with van der Waals surface area (Å²) >= 11 is 0. The summed E-state index contributed by atoms with van der Waals surface area (Å²) in [7, 11) is 3.66. The quantitative estimate of drug-likeness (QED) is 0.0156. The third-order valence-corrected chi connectivity index (χ3v) is 14.3. The second kappa shape index (κ2) is 47.7. The smallest absolute Gasteiger partial charge is 0.181 e. The molecule has 3 aliphatic rings. The van der Waals surface area contributed by atoms with E-state index in [1.807, 2.05) is 53.8 Å². The molecule has 15 heteroatoms. The van der Waals surface area contributed by atoms with Gasteiger partial charge >= 0.3 is 0 Å². The first-order valence-electron chi connectivity index (χ1n) is 31.2. The number of aromatic nitrogens is 4. The predicted molar refractivity (Wildman–Crippen MR) is 365 cm³/mol. The normalized spacial score (nSPS) is 14.8. The number of anilines is 1. The van der Waals surface area contributed by atoms with Gasteiger partial charge in [-0.3, -0.25) is 19.9 Å². The highest BCUT2D eigenvalue weighted by atomic mass is 16.5. The lowest BCUT2D eigenvalue weighted by atomic mass is 9.87. The van der Waals surface area contributed by atoms with E-state index in [9.17, 15) is 14.4 Å². The van der Waals surface area contributed by atoms with Crippen molar-refractivity contribution in [3.8, 4) is 11.4 Å². The number of carbonyl (C=O) groups is 3. The van der Waals surface area contributed by atoms with Gasteiger partial charge in [-0.15, -0.1) is 13.2 Å². The van der Waals surface area contributed by atoms with E-state index in [0.29, 0.717) is 51.0 Å². The molecule has 2 aromatic heterocycles. The van der Waals surface area contributed by atoms with E-state index in [2.05, 4.69) is 136 Å². The van der Waals surface area contributed by atoms with Crippen molar-refractivity contribution >= 4 is 29.8 Å². The molecule has 0 saturated carbocycles. The Bertz CT molecular complexity index is 2630. The first kappa shape index (κ1) is 78.7. The maximum atomic E-state index is 10.9. The summed E-state index contributed by atoms with van der Waals surface area (Å²) < 4.78 is 16.4. The topological polar surface area (TPSA) is 194 Å². The van der Waals surface area contributed by atoms with E-state index in [-0.39, 0.29) is 30.2 Å². The number of aliphatic imine (C=N–C) groups is 1. The number of piperidine rings is 1. The summed E-state index contributed by atoms with van der Waals surface area (Å²) in [5, 5.41) is 21.4. The zero-order valence-electron chi connectivity index (χ0n) is 54.6. The zero-order valence-corrected chi connectivity index (χ0v) is 54.6. The number of ether oxygens (including phenoxy) is 3. The number of benzene rings is 2. The van der Waals surface area contributed by atoms with Crippen molar-refractivity contribution in [3.05, 3.63) is 155 Å². The average molecular weight is 1200 g/mol. The number of unbranched alkanes of at least 4 members (excludes halogenated alkanes) is 4. The van der Waals surface area contributed by atoms with Gasteiger partial charge in [-0.2, -0.15) is 5.10 Å². The van der Waals surface area contributed by atoms with Gasteiger partial charge in [0.15, 0.2) is 17.4 Å². The summed E-state index contributed by atoms with van der Waals surface area (Å²) in [5.74, 6) is 1.64. The molecule has 0 spiro atoms. The maximum Gasteiger partial charge on any atom is 0.181 e. The van der Waals surface area contributed by atoms with E-state index in [1.54, 1.807) is 38.5 Å². The number of aldehydes is 2. The number of ketones is 1. The molecule has 15 nitrogen and oxygen atoms in total. The second-order valence-corrected chi connectivity index (χ2v) is 22.9. The zero-order chi connectivity index (χ0) is 63.3. The van der Waals surface area contributed by atoms with Crippen LogP contribution in [0.3, 0.4) is 0 Å². The monoisotopic (exact) mass is 1200 g/mol. The number of nitrogens with zero attached hydrogens (tertiary/aromatic N) is 4. The Balaban J connectivity index is 0.000000800. The van der Waals surface area contributed by atoms with Gasteiger partial charge in [-0.25, -0.2) is 4.98 Å². The number of aryl methyl sites for hydroxylation is 1. The lowest BCUT2D eigenvalue weighted by Gasteiger charge is -2.37. The summed E-state index contributed by atoms with van der Waals surface area (Å²) in [6, 6.07) is 21.9. The standard InChI is InChI=1S/C39H52N6O4.C13H21N.C8H15NO.C5H9NO.2C3H6.CH4/c46-22-8-24-48-26-28-49-27-25-47-23-5-3-1-2-4-9-32-10-6-11-33(29-32)30-34-12-7-13-36(31-34)43-39(16-20-41-21-17-39)38-42-37(44-45-38)35-14-18-40-19-15-35;1-10(2)11(3)13-7-5-12(6-8-13)9-14-4;1-6(10)7(9-5)8(2,3)4;7-4-5-2-1-3-6-5;2*1-3-2;/h6-7,10-15,18-19,22,29,31,41,43H,1-5,8-9,16-17,20-21,23-28,30H2,(H,42,44,45);5,7,14H,6,8-9H2,1-4H3;1-5H3;4-6H,1-3H2;2*3H,1H2,2H3;1H4. The van der Waals surface area contributed by atoms with Crippen LogP contribution in [-0.2, 0) is 47.0 Å². The molecule has 482 valence electrons. The predicted octanol–water partition coefficient (Wildman–Crippen LogP) is 14.1. The SMILES string of the molecule is C.C=CC.C=CC.CN=C(C(C)=O)C(C)(C)C.CNCC1=CC=C(C(C)=C(C)C)CC1.O=CC1CCCN1.O=CCCOCCOCCOCCCCCCCc1cccc(Cc2cccc(NC3(c4nc(-c5ccncc5)n[nH]4)CCNCC3)c2)c1. The van der Waals surface area contributed by atoms with Crippen molar-refractivity contribution in [2.45, 2.75) is 171 Å². The van der Waals surface area contributed by atoms with Crippen LogP contribution in [0.5, 0.6) is 0 Å². The lowest BCUT2D eigenvalue weighted by Crippen LogP contribution is -2.46. The molecule has 5 N–H and O–H groups in total. The lowest BCUT2D eigenvalue weighted by molar-refractivity contribution is -0.111. The minimum absolute atomic E-state index is 0. The van der Waals surface area contributed by atoms with Crippen molar-refractivity contribution in [3.63, 3.8) is 0 Å². The van der Waals surface area contributed by atoms with Gasteiger partial charge in [0.25, 0.3) is 0 Å². The number of carbonyl (C=O) groups excluding carboxylic acids is 3. The minimum atomic E-state index is -0.320. The van der Waals surface area contributed by atoms with Crippen LogP contribution in [0.1, 0.15) is 169 Å². The van der Waals surface area contributed by atoms with Crippen LogP contribution in [0.4, 0.5) is 5.69 Å². The average Bonchev–Trinajstić information content (AvgIpc) is 2.57. The molecule has 0 bridgehead atoms. The van der Waals surface area contributed by atoms with Gasteiger partial charge < -0.3 is 45.1 Å². The number of Topliss-reactive ketones (excluding diaryl/α,β-unsaturated/α-hetero) is 1. The first-order chi connectivity index (χ1) is 41.5. The molecule has 1 unspecified atom stereocenters. The minimum Gasteiger partial charge on any atom is -0.379 e. The second-order valence-electron chi connectivity index (χ2n) is 22.9. The number of rotatable bonds is 28. The fourth-order valence-electron chi connectivity index (χ4n) is 9.82. The summed E-state index contributed by atoms with van der Waals surface area (Å²) in [6.45, 7) is 31.9. The van der Waals surface area contributed by atoms with Crippen LogP contribution < -0.4 is 21.3 Å². The molecule has 2 saturated heterocycles. The van der Waals surface area contributed by atoms with Gasteiger partial charge in [0.1, 0.15) is 12.6 Å². The van der Waals surface area contributed by atoms with E-state index in [0.717, 1.165) is 107 Å². The highest BCUT2D eigenvalue weighted by molar-refractivity contribution is 6.40. The van der Waals surface area contributed by atoms with Gasteiger partial charge in [-0.05, 0) is 178 Å². The van der Waals surface area contributed by atoms with Crippen molar-refractivity contribution in [2.75, 3.05) is 85.2 Å². The fourth-order valence-corrected chi connectivity index (χ4v) is 9.82. The van der Waals surface area contributed by atoms with Crippen LogP contribution in [0.15, 0.2) is 138 Å². The summed E-state index contributed by atoms with van der Waals surface area (Å²) in [5.41, 5.74) is 12.2. The van der Waals surface area contributed by atoms with Crippen molar-refractivity contribution in [2.24, 2.45) is 10.4 Å². The molecule has 1 atom stereocenters. The molecule has 87 heavy (non-hydrogen) atoms. The van der Waals surface area contributed by atoms with Crippen LogP contribution in [0, 0.1) is 5.41 Å². The Hall–Kier alpha value is -6.33. The third kappa shape index (κ3) is 33.6. The van der Waals surface area contributed by atoms with E-state index in [4.69, 9.17) is 19.2 Å². The number of hydrogen-bond acceptors (Lipinski definition) is 14. The molecule has 7 rings (SSSR count). The molecule has 0 amide bonds. The van der Waals surface area contributed by atoms with Gasteiger partial charge in [0.2, 0.25) is 0 Å². The summed E-state index contributed by atoms with van der Waals surface area (Å²) in [6.07, 6.45) is 28.2. The number of allylic oxidation sites excluding steroid dienone is 7. The van der Waals surface area contributed by atoms with Crippen LogP contribution >= 0.6 is 0 Å². The van der Waals surface area contributed by atoms with Crippen LogP contribution in [0.25, 0.3) is 11.4 Å². The Morgan fingerprint density at radius 1 is 0.793 bits per heavy atom. The molecule has 2 aliphatic heterocycles. The Kier molecular flexibility index (Phi) is 43.1. The molecular formula is C72H113N9O6. The largest absolute Gasteiger partial charge is 0.379 e. The van der Waals surface area contributed by atoms with Gasteiger partial charge in [0, 0.05) is 62.6 Å². The molecular weight excluding hydrogens is 1090 g/mol. The number of nitrogens with one attached hydrogen (secondary N) is 5. The van der Waals surface area contributed by atoms with Crippen molar-refractivity contribution < 1.29 is 28.6 Å². The van der Waals surface area contributed by atoms with E-state index in [1.165, 1.54) is 77.5 Å². The van der Waals surface area contributed by atoms with E-state index >= 15 is 0 Å². The highest BCUT2D eigenvalue weighted by Gasteiger charge is 2.37. The fraction of sp³-hybridized carbons (Fsp3) is 0.542. The molecule has 0 radical (unpaired) electrons. The number of hydrogen-bond donors (Lipinski definition) is 5. The van der Waals surface area contributed by atoms with Gasteiger partial charge in [0.05, 0.1) is 50.3 Å². The number of pyridine rings is 1. The number of aromatic amines is 1. The van der Waals surface area contributed by atoms with Gasteiger partial charge in [-0.1, -0.05) is 119 Å². The summed E-state index contributed by atoms with van der Waals surface area (Å²) in [4.78, 5) is 44.1. The Labute approximate surface area is 525 Å². The van der Waals surface area contributed by atoms with E-state index < -0.39 is 0 Å². The van der Waals surface area contributed by atoms with Crippen molar-refractivity contribution in [1.82, 2.24) is 36.1 Å². The Morgan fingerprint density at radius 3 is 1.94 bits per heavy atom. The van der Waals surface area contributed by atoms with Crippen LogP contribution in [0.2, 0.25) is 0 Å². The highest BCUT2D eigenvalue weighted by Crippen LogP contribution is 2.34.